The Kier molecular flexibility index (Phi) is 4.21. The normalized spacial score (nSPS) is 18.0. The number of amides is 1. The number of carbonyl (C=O) groups excluding carboxylic acids is 2. The summed E-state index contributed by atoms with van der Waals surface area (Å²) in [5.74, 6) is -1.18. The molecule has 0 bridgehead atoms. The number of aliphatic carboxylic acids is 1. The third kappa shape index (κ3) is 3.74. The molecule has 0 saturated carbocycles. The Bertz CT molecular complexity index is 547. The van der Waals surface area contributed by atoms with Gasteiger partial charge in [0.05, 0.1) is 6.04 Å². The van der Waals surface area contributed by atoms with Gasteiger partial charge in [0.25, 0.3) is 0 Å². The molecule has 1 aliphatic rings. The summed E-state index contributed by atoms with van der Waals surface area (Å²) in [6.45, 7) is 5.81. The molecule has 0 N–H and O–H groups in total. The molecule has 21 heavy (non-hydrogen) atoms. The van der Waals surface area contributed by atoms with Crippen LogP contribution in [0, 0.1) is 0 Å². The fourth-order valence-electron chi connectivity index (χ4n) is 2.57. The first kappa shape index (κ1) is 15.4. The zero-order valence-electron chi connectivity index (χ0n) is 12.6. The van der Waals surface area contributed by atoms with Gasteiger partial charge >= 0.3 is 6.09 Å². The van der Waals surface area contributed by atoms with Gasteiger partial charge in [-0.3, -0.25) is 0 Å². The van der Waals surface area contributed by atoms with E-state index < -0.39 is 23.7 Å². The van der Waals surface area contributed by atoms with Crippen molar-refractivity contribution in [3.63, 3.8) is 0 Å². The van der Waals surface area contributed by atoms with Crippen molar-refractivity contribution >= 4 is 12.1 Å². The monoisotopic (exact) mass is 290 g/mol. The number of fused-ring (bicyclic) bond motifs is 1. The van der Waals surface area contributed by atoms with Crippen molar-refractivity contribution in [2.45, 2.75) is 45.3 Å². The molecule has 0 aliphatic carbocycles. The Morgan fingerprint density at radius 1 is 1.33 bits per heavy atom. The van der Waals surface area contributed by atoms with Gasteiger partial charge in [-0.05, 0) is 38.3 Å². The van der Waals surface area contributed by atoms with Crippen molar-refractivity contribution in [1.29, 1.82) is 0 Å². The molecule has 2 rings (SSSR count). The van der Waals surface area contributed by atoms with Crippen LogP contribution in [0.4, 0.5) is 4.79 Å². The van der Waals surface area contributed by atoms with E-state index in [-0.39, 0.29) is 6.42 Å². The summed E-state index contributed by atoms with van der Waals surface area (Å²) < 4.78 is 5.38. The van der Waals surface area contributed by atoms with Crippen LogP contribution in [0.25, 0.3) is 0 Å². The van der Waals surface area contributed by atoms with E-state index in [1.807, 2.05) is 24.3 Å². The fraction of sp³-hybridized carbons (Fsp3) is 0.500. The molecule has 5 heteroatoms. The van der Waals surface area contributed by atoms with E-state index in [9.17, 15) is 14.7 Å². The number of benzene rings is 1. The minimum Gasteiger partial charge on any atom is -0.550 e. The summed E-state index contributed by atoms with van der Waals surface area (Å²) >= 11 is 0. The predicted octanol–water partition coefficient (Wildman–Crippen LogP) is 1.66. The van der Waals surface area contributed by atoms with Gasteiger partial charge in [0.2, 0.25) is 0 Å². The summed E-state index contributed by atoms with van der Waals surface area (Å²) in [6, 6.07) is 7.05. The minimum absolute atomic E-state index is 0.226. The highest BCUT2D eigenvalue weighted by atomic mass is 16.6. The lowest BCUT2D eigenvalue weighted by Gasteiger charge is -2.38. The van der Waals surface area contributed by atoms with Crippen molar-refractivity contribution < 1.29 is 19.4 Å². The molecule has 114 valence electrons. The second-order valence-corrected chi connectivity index (χ2v) is 6.21. The zero-order chi connectivity index (χ0) is 15.6. The van der Waals surface area contributed by atoms with Gasteiger partial charge in [-0.1, -0.05) is 24.3 Å². The molecular weight excluding hydrogens is 270 g/mol. The van der Waals surface area contributed by atoms with Crippen LogP contribution in [0.2, 0.25) is 0 Å². The summed E-state index contributed by atoms with van der Waals surface area (Å²) in [5.41, 5.74) is 1.32. The molecule has 0 aromatic heterocycles. The Morgan fingerprint density at radius 3 is 2.62 bits per heavy atom. The average Bonchev–Trinajstić information content (AvgIpc) is 2.36. The standard InChI is InChI=1S/C16H21NO4/c1-16(2,3)21-15(20)17-9-8-11-6-4-5-7-12(11)13(17)10-14(18)19/h4-7,13H,8-10H2,1-3H3,(H,18,19)/p-1. The van der Waals surface area contributed by atoms with Crippen LogP contribution in [0.5, 0.6) is 0 Å². The van der Waals surface area contributed by atoms with E-state index in [4.69, 9.17) is 4.74 Å². The third-order valence-electron chi connectivity index (χ3n) is 3.40. The SMILES string of the molecule is CC(C)(C)OC(=O)N1CCc2ccccc2C1CC(=O)[O-]. The first-order chi connectivity index (χ1) is 9.78. The zero-order valence-corrected chi connectivity index (χ0v) is 12.6. The van der Waals surface area contributed by atoms with Crippen LogP contribution in [0.3, 0.4) is 0 Å². The average molecular weight is 290 g/mol. The predicted molar refractivity (Wildman–Crippen MR) is 75.5 cm³/mol. The van der Waals surface area contributed by atoms with Gasteiger partial charge in [-0.2, -0.15) is 0 Å². The van der Waals surface area contributed by atoms with Crippen molar-refractivity contribution in [2.24, 2.45) is 0 Å². The lowest BCUT2D eigenvalue weighted by Crippen LogP contribution is -2.44. The first-order valence-electron chi connectivity index (χ1n) is 7.05. The van der Waals surface area contributed by atoms with E-state index in [1.54, 1.807) is 20.8 Å². The molecule has 0 radical (unpaired) electrons. The van der Waals surface area contributed by atoms with Crippen molar-refractivity contribution in [2.75, 3.05) is 6.54 Å². The minimum atomic E-state index is -1.18. The van der Waals surface area contributed by atoms with E-state index in [1.165, 1.54) is 4.90 Å². The molecule has 1 aromatic carbocycles. The van der Waals surface area contributed by atoms with Gasteiger partial charge < -0.3 is 19.5 Å². The number of nitrogens with zero attached hydrogens (tertiary/aromatic N) is 1. The quantitative estimate of drug-likeness (QED) is 0.830. The second-order valence-electron chi connectivity index (χ2n) is 6.21. The van der Waals surface area contributed by atoms with Gasteiger partial charge in [-0.25, -0.2) is 4.79 Å². The first-order valence-corrected chi connectivity index (χ1v) is 7.05. The Balaban J connectivity index is 2.29. The molecule has 0 spiro atoms. The van der Waals surface area contributed by atoms with E-state index in [0.29, 0.717) is 13.0 Å². The maximum atomic E-state index is 12.3. The molecule has 1 aromatic rings. The van der Waals surface area contributed by atoms with Crippen LogP contribution in [-0.4, -0.2) is 29.1 Å². The number of carboxylic acids is 1. The van der Waals surface area contributed by atoms with E-state index in [2.05, 4.69) is 0 Å². The molecule has 0 fully saturated rings. The molecule has 1 unspecified atom stereocenters. The highest BCUT2D eigenvalue weighted by Gasteiger charge is 2.33. The lowest BCUT2D eigenvalue weighted by atomic mass is 9.91. The maximum Gasteiger partial charge on any atom is 0.410 e. The van der Waals surface area contributed by atoms with Crippen LogP contribution in [0.15, 0.2) is 24.3 Å². The molecule has 0 saturated heterocycles. The highest BCUT2D eigenvalue weighted by molar-refractivity contribution is 5.72. The Labute approximate surface area is 124 Å². The number of hydrogen-bond donors (Lipinski definition) is 0. The van der Waals surface area contributed by atoms with Crippen molar-refractivity contribution in [3.05, 3.63) is 35.4 Å². The largest absolute Gasteiger partial charge is 0.550 e. The molecule has 1 amide bonds. The number of carboxylic acid groups (broad SMARTS) is 1. The van der Waals surface area contributed by atoms with Gasteiger partial charge in [0, 0.05) is 18.9 Å². The Hall–Kier alpha value is -2.04. The smallest absolute Gasteiger partial charge is 0.410 e. The highest BCUT2D eigenvalue weighted by Crippen LogP contribution is 2.33. The van der Waals surface area contributed by atoms with Crippen LogP contribution < -0.4 is 5.11 Å². The summed E-state index contributed by atoms with van der Waals surface area (Å²) in [6.07, 6.45) is -0.0156. The Morgan fingerprint density at radius 2 is 2.00 bits per heavy atom. The molecular formula is C16H20NO4-. The van der Waals surface area contributed by atoms with Crippen LogP contribution in [-0.2, 0) is 16.0 Å². The lowest BCUT2D eigenvalue weighted by molar-refractivity contribution is -0.306. The molecule has 1 heterocycles. The maximum absolute atomic E-state index is 12.3. The number of carbonyl (C=O) groups is 2. The third-order valence-corrected chi connectivity index (χ3v) is 3.40. The van der Waals surface area contributed by atoms with Gasteiger partial charge in [0.15, 0.2) is 0 Å². The number of hydrogen-bond acceptors (Lipinski definition) is 4. The topological polar surface area (TPSA) is 69.7 Å². The number of rotatable bonds is 2. The summed E-state index contributed by atoms with van der Waals surface area (Å²) in [7, 11) is 0. The number of ether oxygens (including phenoxy) is 1. The molecule has 5 nitrogen and oxygen atoms in total. The van der Waals surface area contributed by atoms with Gasteiger partial charge in [-0.15, -0.1) is 0 Å². The van der Waals surface area contributed by atoms with Gasteiger partial charge in [0.1, 0.15) is 5.60 Å². The van der Waals surface area contributed by atoms with E-state index in [0.717, 1.165) is 11.1 Å². The van der Waals surface area contributed by atoms with Crippen molar-refractivity contribution in [1.82, 2.24) is 4.90 Å². The second kappa shape index (κ2) is 5.76. The summed E-state index contributed by atoms with van der Waals surface area (Å²) in [5, 5.41) is 11.0. The fourth-order valence-corrected chi connectivity index (χ4v) is 2.57. The molecule has 1 atom stereocenters. The van der Waals surface area contributed by atoms with Crippen LogP contribution >= 0.6 is 0 Å². The van der Waals surface area contributed by atoms with E-state index >= 15 is 0 Å². The van der Waals surface area contributed by atoms with Crippen molar-refractivity contribution in [3.8, 4) is 0 Å². The summed E-state index contributed by atoms with van der Waals surface area (Å²) in [4.78, 5) is 24.8. The van der Waals surface area contributed by atoms with Crippen LogP contribution in [0.1, 0.15) is 44.4 Å². The molecule has 1 aliphatic heterocycles.